The molecule has 0 aliphatic heterocycles. The highest BCUT2D eigenvalue weighted by atomic mass is 32.2. The van der Waals surface area contributed by atoms with E-state index < -0.39 is 15.8 Å². The van der Waals surface area contributed by atoms with Gasteiger partial charge in [0.2, 0.25) is 0 Å². The molecule has 0 atom stereocenters. The molecule has 0 radical (unpaired) electrons. The van der Waals surface area contributed by atoms with Gasteiger partial charge in [-0.1, -0.05) is 6.07 Å². The first-order chi connectivity index (χ1) is 10.9. The maximum Gasteiger partial charge on any atom is 0.269 e. The van der Waals surface area contributed by atoms with Crippen molar-refractivity contribution >= 4 is 15.7 Å². The highest BCUT2D eigenvalue weighted by molar-refractivity contribution is 7.93. The molecule has 1 N–H and O–H groups in total. The molecule has 0 aliphatic rings. The quantitative estimate of drug-likeness (QED) is 0.906. The van der Waals surface area contributed by atoms with Crippen LogP contribution in [0.1, 0.15) is 5.56 Å². The average Bonchev–Trinajstić information content (AvgIpc) is 2.55. The predicted molar refractivity (Wildman–Crippen MR) is 81.5 cm³/mol. The third-order valence-corrected chi connectivity index (χ3v) is 4.42. The number of hydrogen-bond acceptors (Lipinski definition) is 5. The molecular weight excluding hydrogens is 323 g/mol. The van der Waals surface area contributed by atoms with Gasteiger partial charge in [0, 0.05) is 0 Å². The molecule has 0 bridgehead atoms. The van der Waals surface area contributed by atoms with E-state index in [0.29, 0.717) is 0 Å². The number of rotatable bonds is 5. The molecule has 8 heteroatoms. The van der Waals surface area contributed by atoms with Crippen LogP contribution >= 0.6 is 0 Å². The number of nitrogens with one attached hydrogen (secondary N) is 1. The first-order valence-electron chi connectivity index (χ1n) is 6.36. The Morgan fingerprint density at radius 3 is 2.22 bits per heavy atom. The number of halogens is 1. The lowest BCUT2D eigenvalue weighted by Crippen LogP contribution is -2.16. The van der Waals surface area contributed by atoms with E-state index >= 15 is 0 Å². The summed E-state index contributed by atoms with van der Waals surface area (Å²) in [4.78, 5) is -0.242. The second-order valence-corrected chi connectivity index (χ2v) is 6.02. The van der Waals surface area contributed by atoms with E-state index in [9.17, 15) is 12.8 Å². The summed E-state index contributed by atoms with van der Waals surface area (Å²) in [5, 5.41) is 8.71. The van der Waals surface area contributed by atoms with Crippen LogP contribution in [0.25, 0.3) is 0 Å². The molecule has 23 heavy (non-hydrogen) atoms. The summed E-state index contributed by atoms with van der Waals surface area (Å²) in [6.07, 6.45) is 0. The monoisotopic (exact) mass is 336 g/mol. The summed E-state index contributed by atoms with van der Waals surface area (Å²) in [6.45, 7) is 0. The van der Waals surface area contributed by atoms with Crippen molar-refractivity contribution in [2.45, 2.75) is 4.90 Å². The predicted octanol–water partition coefficient (Wildman–Crippen LogP) is 2.52. The zero-order chi connectivity index (χ0) is 17.0. The van der Waals surface area contributed by atoms with Crippen molar-refractivity contribution < 1.29 is 22.3 Å². The van der Waals surface area contributed by atoms with Crippen molar-refractivity contribution in [3.63, 3.8) is 0 Å². The standard InChI is InChI=1S/C15H13FN2O4S/c1-21-13-4-3-5-14(22-2)15(13)23(19,20)18-12-7-6-10(9-17)8-11(12)16/h3-8,18H,1-2H3. The molecule has 0 amide bonds. The van der Waals surface area contributed by atoms with Crippen LogP contribution in [0, 0.1) is 17.1 Å². The minimum absolute atomic E-state index is 0.0610. The minimum Gasteiger partial charge on any atom is -0.495 e. The molecular formula is C15H13FN2O4S. The molecule has 2 aromatic carbocycles. The van der Waals surface area contributed by atoms with Gasteiger partial charge >= 0.3 is 0 Å². The van der Waals surface area contributed by atoms with Gasteiger partial charge in [0.1, 0.15) is 17.3 Å². The average molecular weight is 336 g/mol. The van der Waals surface area contributed by atoms with Crippen molar-refractivity contribution in [3.05, 3.63) is 47.8 Å². The van der Waals surface area contributed by atoms with Crippen LogP contribution in [0.15, 0.2) is 41.3 Å². The van der Waals surface area contributed by atoms with Gasteiger partial charge in [-0.25, -0.2) is 12.8 Å². The summed E-state index contributed by atoms with van der Waals surface area (Å²) in [7, 11) is -1.53. The summed E-state index contributed by atoms with van der Waals surface area (Å²) in [6, 6.07) is 9.66. The molecule has 0 fully saturated rings. The topological polar surface area (TPSA) is 88.4 Å². The second-order valence-electron chi connectivity index (χ2n) is 4.40. The minimum atomic E-state index is -4.16. The Balaban J connectivity index is 2.50. The largest absolute Gasteiger partial charge is 0.495 e. The van der Waals surface area contributed by atoms with Gasteiger partial charge in [0.05, 0.1) is 31.5 Å². The molecule has 0 saturated heterocycles. The first kappa shape index (κ1) is 16.6. The summed E-state index contributed by atoms with van der Waals surface area (Å²) in [5.74, 6) is -0.738. The lowest BCUT2D eigenvalue weighted by Gasteiger charge is -2.15. The van der Waals surface area contributed by atoms with Crippen molar-refractivity contribution in [1.29, 1.82) is 5.26 Å². The van der Waals surface area contributed by atoms with Crippen LogP contribution in [-0.4, -0.2) is 22.6 Å². The number of ether oxygens (including phenoxy) is 2. The van der Waals surface area contributed by atoms with Crippen LogP contribution in [-0.2, 0) is 10.0 Å². The van der Waals surface area contributed by atoms with Gasteiger partial charge in [-0.15, -0.1) is 0 Å². The van der Waals surface area contributed by atoms with Crippen molar-refractivity contribution in [2.24, 2.45) is 0 Å². The third-order valence-electron chi connectivity index (χ3n) is 2.99. The van der Waals surface area contributed by atoms with E-state index in [0.717, 1.165) is 6.07 Å². The number of anilines is 1. The van der Waals surface area contributed by atoms with Gasteiger partial charge in [0.15, 0.2) is 4.90 Å². The lowest BCUT2D eigenvalue weighted by molar-refractivity contribution is 0.373. The number of benzene rings is 2. The number of sulfonamides is 1. The van der Waals surface area contributed by atoms with Gasteiger partial charge in [-0.3, -0.25) is 4.72 Å². The molecule has 0 spiro atoms. The Morgan fingerprint density at radius 1 is 1.13 bits per heavy atom. The van der Waals surface area contributed by atoms with Crippen molar-refractivity contribution in [2.75, 3.05) is 18.9 Å². The summed E-state index contributed by atoms with van der Waals surface area (Å²) < 4.78 is 51.3. The smallest absolute Gasteiger partial charge is 0.269 e. The fraction of sp³-hybridized carbons (Fsp3) is 0.133. The van der Waals surface area contributed by atoms with Crippen molar-refractivity contribution in [3.8, 4) is 17.6 Å². The number of nitrogens with zero attached hydrogens (tertiary/aromatic N) is 1. The van der Waals surface area contributed by atoms with E-state index in [4.69, 9.17) is 14.7 Å². The molecule has 0 unspecified atom stereocenters. The van der Waals surface area contributed by atoms with E-state index in [-0.39, 0.29) is 27.6 Å². The molecule has 120 valence electrons. The Bertz CT molecular complexity index is 853. The van der Waals surface area contributed by atoms with Crippen molar-refractivity contribution in [1.82, 2.24) is 0 Å². The fourth-order valence-corrected chi connectivity index (χ4v) is 3.33. The Kier molecular flexibility index (Phi) is 4.71. The Morgan fingerprint density at radius 2 is 1.74 bits per heavy atom. The van der Waals surface area contributed by atoms with E-state index in [1.807, 2.05) is 0 Å². The fourth-order valence-electron chi connectivity index (χ4n) is 1.95. The van der Waals surface area contributed by atoms with E-state index in [1.165, 1.54) is 38.5 Å². The van der Waals surface area contributed by atoms with Gasteiger partial charge < -0.3 is 9.47 Å². The van der Waals surface area contributed by atoms with Gasteiger partial charge in [-0.2, -0.15) is 5.26 Å². The maximum absolute atomic E-state index is 13.9. The van der Waals surface area contributed by atoms with Crippen LogP contribution in [0.2, 0.25) is 0 Å². The Labute approximate surface area is 133 Å². The highest BCUT2D eigenvalue weighted by Crippen LogP contribution is 2.34. The van der Waals surface area contributed by atoms with Crippen LogP contribution < -0.4 is 14.2 Å². The Hall–Kier alpha value is -2.79. The molecule has 2 rings (SSSR count). The van der Waals surface area contributed by atoms with Gasteiger partial charge in [-0.05, 0) is 30.3 Å². The molecule has 0 saturated carbocycles. The lowest BCUT2D eigenvalue weighted by atomic mass is 10.2. The van der Waals surface area contributed by atoms with E-state index in [1.54, 1.807) is 12.1 Å². The van der Waals surface area contributed by atoms with Crippen LogP contribution in [0.5, 0.6) is 11.5 Å². The van der Waals surface area contributed by atoms with E-state index in [2.05, 4.69) is 4.72 Å². The number of hydrogen-bond donors (Lipinski definition) is 1. The first-order valence-corrected chi connectivity index (χ1v) is 7.84. The normalized spacial score (nSPS) is 10.7. The third kappa shape index (κ3) is 3.35. The molecule has 6 nitrogen and oxygen atoms in total. The molecule has 2 aromatic rings. The molecule has 0 heterocycles. The summed E-state index contributed by atoms with van der Waals surface area (Å²) in [5.41, 5.74) is -0.197. The zero-order valence-electron chi connectivity index (χ0n) is 12.3. The number of nitriles is 1. The van der Waals surface area contributed by atoms with Crippen LogP contribution in [0.3, 0.4) is 0 Å². The number of methoxy groups -OCH3 is 2. The molecule has 0 aliphatic carbocycles. The highest BCUT2D eigenvalue weighted by Gasteiger charge is 2.25. The molecule has 0 aromatic heterocycles. The van der Waals surface area contributed by atoms with Crippen LogP contribution in [0.4, 0.5) is 10.1 Å². The second kappa shape index (κ2) is 6.54. The maximum atomic E-state index is 13.9. The van der Waals surface area contributed by atoms with Gasteiger partial charge in [0.25, 0.3) is 10.0 Å². The summed E-state index contributed by atoms with van der Waals surface area (Å²) >= 11 is 0. The SMILES string of the molecule is COc1cccc(OC)c1S(=O)(=O)Nc1ccc(C#N)cc1F. The zero-order valence-corrected chi connectivity index (χ0v) is 13.1.